The molecule has 0 aliphatic heterocycles. The number of carboxylic acid groups (broad SMARTS) is 1. The Balaban J connectivity index is -0.00000119. The van der Waals surface area contributed by atoms with Gasteiger partial charge in [0.15, 0.2) is 0 Å². The first-order valence-corrected chi connectivity index (χ1v) is 29.0. The minimum Gasteiger partial charge on any atom is -0.481 e. The largest absolute Gasteiger partial charge is 0.481 e. The molecule has 0 spiro atoms. The van der Waals surface area contributed by atoms with Gasteiger partial charge in [0.1, 0.15) is 19.3 Å². The Morgan fingerprint density at radius 2 is 0.747 bits per heavy atom. The van der Waals surface area contributed by atoms with Crippen LogP contribution in [-0.4, -0.2) is 123 Å². The van der Waals surface area contributed by atoms with E-state index in [0.29, 0.717) is 110 Å². The molecule has 19 nitrogen and oxygen atoms in total. The van der Waals surface area contributed by atoms with Gasteiger partial charge in [-0.1, -0.05) is 60.5 Å². The quantitative estimate of drug-likeness (QED) is 0.0248. The van der Waals surface area contributed by atoms with E-state index in [1.54, 1.807) is 0 Å². The summed E-state index contributed by atoms with van der Waals surface area (Å²) in [5, 5.41) is 18.0. The third-order valence-electron chi connectivity index (χ3n) is 13.1. The number of carbonyl (C=O) groups is 9. The second-order valence-electron chi connectivity index (χ2n) is 21.8. The first-order valence-electron chi connectivity index (χ1n) is 29.0. The fraction of sp³-hybridized carbons (Fsp3) is 0.817. The van der Waals surface area contributed by atoms with Gasteiger partial charge in [0.05, 0.1) is 55.9 Å². The maximum absolute atomic E-state index is 11.9. The van der Waals surface area contributed by atoms with E-state index in [1.165, 1.54) is 6.92 Å². The minimum atomic E-state index is -1.07. The van der Waals surface area contributed by atoms with Gasteiger partial charge in [0, 0.05) is 37.7 Å². The summed E-state index contributed by atoms with van der Waals surface area (Å²) in [6, 6.07) is 0. The van der Waals surface area contributed by atoms with Gasteiger partial charge in [-0.2, -0.15) is 0 Å². The number of rotatable bonds is 44. The van der Waals surface area contributed by atoms with Crippen molar-refractivity contribution in [2.75, 3.05) is 52.9 Å². The summed E-state index contributed by atoms with van der Waals surface area (Å²) in [5.74, 6) is -2.73. The Morgan fingerprint density at radius 1 is 0.418 bits per heavy atom. The summed E-state index contributed by atoms with van der Waals surface area (Å²) in [7, 11) is 0. The monoisotopic (exact) mass is 1130 g/mol. The molecule has 0 fully saturated rings. The number of hydrogen-bond donors (Lipinski definition) is 2. The molecule has 0 aliphatic rings. The second-order valence-corrected chi connectivity index (χ2v) is 21.8. The summed E-state index contributed by atoms with van der Waals surface area (Å²) in [5.41, 5.74) is -1.16. The van der Waals surface area contributed by atoms with Crippen molar-refractivity contribution in [1.82, 2.24) is 0 Å². The third kappa shape index (κ3) is 46.4. The number of hydrogen-bond acceptors (Lipinski definition) is 18. The Kier molecular flexibility index (Phi) is 47.2. The van der Waals surface area contributed by atoms with E-state index < -0.39 is 40.3 Å². The Hall–Kier alpha value is -5.07. The standard InChI is InChI=1S/C29H52O8.C19H32O7.C12H22O4/c1-6-9-16-24(7-2)23-37-27(32)18-12-14-21-35-25(30)17-11-10-13-20-34-26(31)19-15-22-36-28(33)29(4,5)8-3;1-6-19(4,5)18(23)24-11-9-7-8-10-16(21)25-12-15(20)13-26-17(22)14(2)3;1-4-12(2,3)11(15)16-9-7-5-6-8-10(13)14/h24H,6-23H2,1-5H3;15,20H,2,6-13H2,1,3-5H3;4-9H2,1-3H3,(H,13,14). The first-order chi connectivity index (χ1) is 37.1. The van der Waals surface area contributed by atoms with Crippen LogP contribution in [0.3, 0.4) is 0 Å². The Morgan fingerprint density at radius 3 is 1.13 bits per heavy atom. The van der Waals surface area contributed by atoms with Gasteiger partial charge in [-0.3, -0.25) is 38.4 Å². The summed E-state index contributed by atoms with van der Waals surface area (Å²) in [6.07, 6.45) is 14.8. The Bertz CT molecular complexity index is 1740. The molecule has 460 valence electrons. The highest BCUT2D eigenvalue weighted by molar-refractivity contribution is 5.87. The highest BCUT2D eigenvalue weighted by Crippen LogP contribution is 2.24. The average molecular weight is 1130 g/mol. The molecule has 0 rings (SSSR count). The van der Waals surface area contributed by atoms with Gasteiger partial charge in [0.2, 0.25) is 0 Å². The van der Waals surface area contributed by atoms with Crippen LogP contribution in [0.25, 0.3) is 0 Å². The van der Waals surface area contributed by atoms with Crippen molar-refractivity contribution < 1.29 is 91.3 Å². The fourth-order valence-electron chi connectivity index (χ4n) is 6.05. The number of esters is 8. The van der Waals surface area contributed by atoms with Gasteiger partial charge in [-0.05, 0) is 157 Å². The van der Waals surface area contributed by atoms with Crippen LogP contribution in [0.15, 0.2) is 12.2 Å². The lowest BCUT2D eigenvalue weighted by molar-refractivity contribution is -0.155. The predicted molar refractivity (Wildman–Crippen MR) is 300 cm³/mol. The first kappa shape index (κ1) is 78.2. The molecule has 19 heteroatoms. The predicted octanol–water partition coefficient (Wildman–Crippen LogP) is 11.5. The molecule has 0 saturated heterocycles. The van der Waals surface area contributed by atoms with Crippen LogP contribution in [0.5, 0.6) is 0 Å². The zero-order valence-electron chi connectivity index (χ0n) is 50.8. The van der Waals surface area contributed by atoms with Crippen LogP contribution >= 0.6 is 0 Å². The van der Waals surface area contributed by atoms with Gasteiger partial charge in [-0.15, -0.1) is 0 Å². The van der Waals surface area contributed by atoms with Crippen LogP contribution < -0.4 is 0 Å². The van der Waals surface area contributed by atoms with E-state index >= 15 is 0 Å². The van der Waals surface area contributed by atoms with Gasteiger partial charge in [-0.25, -0.2) is 4.79 Å². The molecular formula is C60H106O19. The summed E-state index contributed by atoms with van der Waals surface area (Å²) < 4.78 is 41.0. The fourth-order valence-corrected chi connectivity index (χ4v) is 6.05. The van der Waals surface area contributed by atoms with Crippen molar-refractivity contribution in [3.63, 3.8) is 0 Å². The average Bonchev–Trinajstić information content (AvgIpc) is 3.41. The molecule has 0 radical (unpaired) electrons. The zero-order valence-corrected chi connectivity index (χ0v) is 50.8. The molecule has 0 saturated carbocycles. The molecule has 0 aromatic heterocycles. The van der Waals surface area contributed by atoms with Crippen molar-refractivity contribution >= 4 is 53.7 Å². The van der Waals surface area contributed by atoms with E-state index in [0.717, 1.165) is 64.2 Å². The maximum Gasteiger partial charge on any atom is 0.333 e. The molecule has 0 bridgehead atoms. The third-order valence-corrected chi connectivity index (χ3v) is 13.1. The molecule has 0 heterocycles. The van der Waals surface area contributed by atoms with Crippen molar-refractivity contribution in [1.29, 1.82) is 0 Å². The zero-order chi connectivity index (χ0) is 60.7. The molecule has 79 heavy (non-hydrogen) atoms. The SMILES string of the molecule is C=C(C)C(=O)OCC(O)COC(=O)CCCCCOC(=O)C(C)(C)CC.CCC(C)(C)C(=O)OCCCCCC(=O)O.CCCCC(CC)COC(=O)CCCCOC(=O)CCCCCOC(=O)CCCOC(=O)C(C)(C)CC. The van der Waals surface area contributed by atoms with E-state index in [4.69, 9.17) is 43.0 Å². The summed E-state index contributed by atoms with van der Waals surface area (Å²) in [6.45, 7) is 27.7. The van der Waals surface area contributed by atoms with E-state index in [9.17, 15) is 48.3 Å². The number of unbranched alkanes of at least 4 members (excludes halogenated alkanes) is 8. The molecule has 0 aromatic carbocycles. The maximum atomic E-state index is 11.9. The Labute approximate surface area is 474 Å². The van der Waals surface area contributed by atoms with E-state index in [2.05, 4.69) is 20.4 Å². The van der Waals surface area contributed by atoms with Gasteiger partial charge >= 0.3 is 53.7 Å². The summed E-state index contributed by atoms with van der Waals surface area (Å²) in [4.78, 5) is 104. The van der Waals surface area contributed by atoms with Crippen molar-refractivity contribution in [3.05, 3.63) is 12.2 Å². The van der Waals surface area contributed by atoms with Crippen LogP contribution in [-0.2, 0) is 81.0 Å². The molecule has 2 atom stereocenters. The van der Waals surface area contributed by atoms with Crippen LogP contribution in [0.1, 0.15) is 237 Å². The van der Waals surface area contributed by atoms with Gasteiger partial charge in [0.25, 0.3) is 0 Å². The van der Waals surface area contributed by atoms with Crippen molar-refractivity contribution in [2.24, 2.45) is 22.2 Å². The molecule has 2 N–H and O–H groups in total. The highest BCUT2D eigenvalue weighted by Gasteiger charge is 2.28. The molecular weight excluding hydrogens is 1020 g/mol. The topological polar surface area (TPSA) is 268 Å². The second kappa shape index (κ2) is 47.7. The highest BCUT2D eigenvalue weighted by atomic mass is 16.6. The number of aliphatic hydroxyl groups is 1. The number of ether oxygens (including phenoxy) is 8. The molecule has 2 unspecified atom stereocenters. The van der Waals surface area contributed by atoms with E-state index in [-0.39, 0.29) is 80.5 Å². The number of aliphatic carboxylic acids is 1. The minimum absolute atomic E-state index is 0.173. The van der Waals surface area contributed by atoms with Gasteiger partial charge < -0.3 is 48.1 Å². The van der Waals surface area contributed by atoms with Crippen molar-refractivity contribution in [2.45, 2.75) is 243 Å². The normalized spacial score (nSPS) is 11.9. The smallest absolute Gasteiger partial charge is 0.333 e. The number of carbonyl (C=O) groups excluding carboxylic acids is 8. The van der Waals surface area contributed by atoms with Crippen LogP contribution in [0.4, 0.5) is 0 Å². The number of aliphatic hydroxyl groups excluding tert-OH is 1. The van der Waals surface area contributed by atoms with Crippen LogP contribution in [0.2, 0.25) is 0 Å². The molecule has 0 aromatic rings. The molecule has 0 aliphatic carbocycles. The molecule has 0 amide bonds. The lowest BCUT2D eigenvalue weighted by Gasteiger charge is -2.20. The van der Waals surface area contributed by atoms with Crippen LogP contribution in [0, 0.1) is 22.2 Å². The lowest BCUT2D eigenvalue weighted by Crippen LogP contribution is -2.26. The van der Waals surface area contributed by atoms with Crippen molar-refractivity contribution in [3.8, 4) is 0 Å². The lowest BCUT2D eigenvalue weighted by atomic mass is 9.91. The van der Waals surface area contributed by atoms with E-state index in [1.807, 2.05) is 62.3 Å². The number of carboxylic acids is 1. The summed E-state index contributed by atoms with van der Waals surface area (Å²) >= 11 is 0.